The molecule has 19 heavy (non-hydrogen) atoms. The molecule has 0 unspecified atom stereocenters. The third-order valence-corrected chi connectivity index (χ3v) is 3.86. The van der Waals surface area contributed by atoms with Crippen molar-refractivity contribution in [2.24, 2.45) is 0 Å². The molecule has 1 rings (SSSR count). The Morgan fingerprint density at radius 1 is 1.37 bits per heavy atom. The fourth-order valence-corrected chi connectivity index (χ4v) is 2.57. The fourth-order valence-electron chi connectivity index (χ4n) is 1.31. The van der Waals surface area contributed by atoms with Gasteiger partial charge in [-0.3, -0.25) is 0 Å². The Morgan fingerprint density at radius 3 is 2.53 bits per heavy atom. The highest BCUT2D eigenvalue weighted by molar-refractivity contribution is 7.89. The molecule has 0 amide bonds. The molecule has 0 spiro atoms. The summed E-state index contributed by atoms with van der Waals surface area (Å²) in [6.45, 7) is 6.33. The first-order chi connectivity index (χ1) is 8.99. The maximum absolute atomic E-state index is 11.8. The monoisotopic (exact) mass is 299 g/mol. The van der Waals surface area contributed by atoms with Gasteiger partial charge in [0.15, 0.2) is 5.11 Å². The van der Waals surface area contributed by atoms with Crippen LogP contribution in [-0.4, -0.2) is 26.6 Å². The maximum atomic E-state index is 11.8. The molecule has 0 aromatic heterocycles. The van der Waals surface area contributed by atoms with Crippen molar-refractivity contribution in [3.8, 4) is 0 Å². The van der Waals surface area contributed by atoms with Crippen molar-refractivity contribution in [2.45, 2.75) is 11.8 Å². The van der Waals surface area contributed by atoms with Gasteiger partial charge in [-0.05, 0) is 43.4 Å². The molecule has 0 atom stereocenters. The zero-order valence-corrected chi connectivity index (χ0v) is 12.3. The quantitative estimate of drug-likeness (QED) is 0.548. The highest BCUT2D eigenvalue weighted by Crippen LogP contribution is 2.13. The highest BCUT2D eigenvalue weighted by Gasteiger charge is 2.12. The number of hydrogen-bond donors (Lipinski definition) is 3. The summed E-state index contributed by atoms with van der Waals surface area (Å²) in [6, 6.07) is 6.35. The van der Waals surface area contributed by atoms with Crippen molar-refractivity contribution in [1.29, 1.82) is 0 Å². The Bertz CT molecular complexity index is 539. The van der Waals surface area contributed by atoms with Crippen molar-refractivity contribution in [3.63, 3.8) is 0 Å². The summed E-state index contributed by atoms with van der Waals surface area (Å²) in [4.78, 5) is 0.203. The van der Waals surface area contributed by atoms with Crippen LogP contribution in [0.3, 0.4) is 0 Å². The Morgan fingerprint density at radius 2 is 2.00 bits per heavy atom. The van der Waals surface area contributed by atoms with Crippen LogP contribution < -0.4 is 15.4 Å². The molecule has 0 saturated carbocycles. The molecule has 5 nitrogen and oxygen atoms in total. The van der Waals surface area contributed by atoms with Crippen LogP contribution in [-0.2, 0) is 10.0 Å². The molecule has 0 bridgehead atoms. The second-order valence-electron chi connectivity index (χ2n) is 3.65. The van der Waals surface area contributed by atoms with Gasteiger partial charge in [0.25, 0.3) is 0 Å². The summed E-state index contributed by atoms with van der Waals surface area (Å²) in [5, 5.41) is 6.40. The van der Waals surface area contributed by atoms with Crippen LogP contribution in [0.15, 0.2) is 41.8 Å². The van der Waals surface area contributed by atoms with Crippen LogP contribution in [0.5, 0.6) is 0 Å². The average molecular weight is 299 g/mol. The van der Waals surface area contributed by atoms with Crippen LogP contribution in [0.1, 0.15) is 6.92 Å². The molecule has 0 heterocycles. The minimum atomic E-state index is -3.48. The largest absolute Gasteiger partial charge is 0.363 e. The first-order valence-electron chi connectivity index (χ1n) is 5.75. The number of hydrogen-bond acceptors (Lipinski definition) is 3. The lowest BCUT2D eigenvalue weighted by Crippen LogP contribution is -2.28. The maximum Gasteiger partial charge on any atom is 0.240 e. The molecule has 104 valence electrons. The van der Waals surface area contributed by atoms with Gasteiger partial charge in [-0.25, -0.2) is 13.1 Å². The van der Waals surface area contributed by atoms with Crippen LogP contribution in [0.25, 0.3) is 0 Å². The number of sulfonamides is 1. The minimum absolute atomic E-state index is 0.201. The Kier molecular flexibility index (Phi) is 5.94. The van der Waals surface area contributed by atoms with Gasteiger partial charge in [0.05, 0.1) is 4.90 Å². The van der Waals surface area contributed by atoms with Gasteiger partial charge in [-0.1, -0.05) is 6.08 Å². The van der Waals surface area contributed by atoms with Crippen molar-refractivity contribution >= 4 is 33.0 Å². The molecule has 0 aliphatic carbocycles. The van der Waals surface area contributed by atoms with Crippen molar-refractivity contribution in [3.05, 3.63) is 36.9 Å². The van der Waals surface area contributed by atoms with E-state index in [9.17, 15) is 8.42 Å². The number of benzene rings is 1. The number of thiocarbonyl (C=S) groups is 1. The van der Waals surface area contributed by atoms with E-state index in [-0.39, 0.29) is 11.4 Å². The van der Waals surface area contributed by atoms with E-state index in [2.05, 4.69) is 21.9 Å². The summed E-state index contributed by atoms with van der Waals surface area (Å²) in [5.41, 5.74) is 0.730. The van der Waals surface area contributed by atoms with E-state index in [0.717, 1.165) is 12.2 Å². The van der Waals surface area contributed by atoms with Crippen LogP contribution >= 0.6 is 12.2 Å². The molecule has 7 heteroatoms. The van der Waals surface area contributed by atoms with Gasteiger partial charge in [-0.15, -0.1) is 6.58 Å². The smallest absolute Gasteiger partial charge is 0.240 e. The Hall–Kier alpha value is -1.44. The molecular formula is C12H17N3O2S2. The lowest BCUT2D eigenvalue weighted by molar-refractivity contribution is 0.585. The summed E-state index contributed by atoms with van der Waals surface area (Å²) in [6.07, 6.45) is 1.49. The van der Waals surface area contributed by atoms with Gasteiger partial charge < -0.3 is 10.6 Å². The van der Waals surface area contributed by atoms with E-state index in [4.69, 9.17) is 12.2 Å². The van der Waals surface area contributed by atoms with E-state index in [1.807, 2.05) is 6.92 Å². The van der Waals surface area contributed by atoms with Crippen LogP contribution in [0.2, 0.25) is 0 Å². The van der Waals surface area contributed by atoms with Crippen LogP contribution in [0, 0.1) is 0 Å². The predicted molar refractivity (Wildman–Crippen MR) is 81.7 cm³/mol. The molecule has 0 fully saturated rings. The number of nitrogens with one attached hydrogen (secondary N) is 3. The molecule has 0 saturated heterocycles. The van der Waals surface area contributed by atoms with Crippen molar-refractivity contribution in [2.75, 3.05) is 18.4 Å². The SMILES string of the molecule is C=CCNS(=O)(=O)c1ccc(NC(=S)NCC)cc1. The zero-order valence-electron chi connectivity index (χ0n) is 10.6. The van der Waals surface area contributed by atoms with E-state index >= 15 is 0 Å². The number of anilines is 1. The van der Waals surface area contributed by atoms with Crippen molar-refractivity contribution < 1.29 is 8.42 Å². The lowest BCUT2D eigenvalue weighted by Gasteiger charge is -2.09. The second kappa shape index (κ2) is 7.22. The van der Waals surface area contributed by atoms with E-state index in [1.54, 1.807) is 12.1 Å². The summed E-state index contributed by atoms with van der Waals surface area (Å²) in [7, 11) is -3.48. The van der Waals surface area contributed by atoms with Gasteiger partial charge in [0, 0.05) is 18.8 Å². The molecule has 0 aliphatic heterocycles. The van der Waals surface area contributed by atoms with Gasteiger partial charge in [-0.2, -0.15) is 0 Å². The van der Waals surface area contributed by atoms with Gasteiger partial charge >= 0.3 is 0 Å². The Balaban J connectivity index is 2.76. The lowest BCUT2D eigenvalue weighted by atomic mass is 10.3. The minimum Gasteiger partial charge on any atom is -0.363 e. The van der Waals surface area contributed by atoms with Crippen molar-refractivity contribution in [1.82, 2.24) is 10.0 Å². The molecular weight excluding hydrogens is 282 g/mol. The predicted octanol–water partition coefficient (Wildman–Crippen LogP) is 1.46. The van der Waals surface area contributed by atoms with Gasteiger partial charge in [0.2, 0.25) is 10.0 Å². The first kappa shape index (κ1) is 15.6. The molecule has 3 N–H and O–H groups in total. The summed E-state index contributed by atoms with van der Waals surface area (Å²) in [5.74, 6) is 0. The average Bonchev–Trinajstić information content (AvgIpc) is 2.37. The summed E-state index contributed by atoms with van der Waals surface area (Å²) < 4.78 is 26.0. The fraction of sp³-hybridized carbons (Fsp3) is 0.250. The molecule has 1 aromatic rings. The zero-order chi connectivity index (χ0) is 14.3. The molecule has 0 radical (unpaired) electrons. The van der Waals surface area contributed by atoms with E-state index < -0.39 is 10.0 Å². The third kappa shape index (κ3) is 4.98. The number of rotatable bonds is 6. The topological polar surface area (TPSA) is 70.2 Å². The standard InChI is InChI=1S/C12H17N3O2S2/c1-3-9-14-19(16,17)11-7-5-10(6-8-11)15-12(18)13-4-2/h3,5-8,14H,1,4,9H2,2H3,(H2,13,15,18). The van der Waals surface area contributed by atoms with Crippen LogP contribution in [0.4, 0.5) is 5.69 Å². The summed E-state index contributed by atoms with van der Waals surface area (Å²) >= 11 is 5.03. The van der Waals surface area contributed by atoms with E-state index in [1.165, 1.54) is 18.2 Å². The molecule has 1 aromatic carbocycles. The second-order valence-corrected chi connectivity index (χ2v) is 5.82. The first-order valence-corrected chi connectivity index (χ1v) is 7.64. The highest BCUT2D eigenvalue weighted by atomic mass is 32.2. The third-order valence-electron chi connectivity index (χ3n) is 2.18. The normalized spacial score (nSPS) is 10.8. The molecule has 0 aliphatic rings. The van der Waals surface area contributed by atoms with E-state index in [0.29, 0.717) is 5.11 Å². The Labute approximate surface area is 119 Å². The van der Waals surface area contributed by atoms with Gasteiger partial charge in [0.1, 0.15) is 0 Å².